The van der Waals surface area contributed by atoms with E-state index in [1.54, 1.807) is 0 Å². The topological polar surface area (TPSA) is 20.2 Å². The number of hydrogen-bond acceptors (Lipinski definition) is 1. The van der Waals surface area contributed by atoms with Gasteiger partial charge in [0.05, 0.1) is 6.10 Å². The standard InChI is InChI=1S/C9H9O/c10-9-5-7-3-1-2-4-8(7)6-9/h1-5,9-10H,6H2/t9-/m1/s1. The number of aliphatic hydroxyl groups is 1. The third kappa shape index (κ3) is 0.830. The highest BCUT2D eigenvalue weighted by atomic mass is 16.3. The van der Waals surface area contributed by atoms with Crippen molar-refractivity contribution in [2.75, 3.05) is 0 Å². The van der Waals surface area contributed by atoms with E-state index >= 15 is 0 Å². The molecule has 1 atom stereocenters. The van der Waals surface area contributed by atoms with E-state index in [0.717, 1.165) is 6.42 Å². The van der Waals surface area contributed by atoms with Crippen LogP contribution < -0.4 is 0 Å². The van der Waals surface area contributed by atoms with E-state index in [1.165, 1.54) is 11.1 Å². The van der Waals surface area contributed by atoms with Crippen molar-refractivity contribution in [2.45, 2.75) is 12.5 Å². The molecule has 2 rings (SSSR count). The van der Waals surface area contributed by atoms with Crippen LogP contribution >= 0.6 is 0 Å². The van der Waals surface area contributed by atoms with Crippen LogP contribution in [0.3, 0.4) is 0 Å². The minimum atomic E-state index is -0.252. The number of fused-ring (bicyclic) bond motifs is 1. The molecule has 0 saturated carbocycles. The first-order valence-electron chi connectivity index (χ1n) is 3.47. The molecule has 1 aliphatic carbocycles. The number of hydrogen-bond donors (Lipinski definition) is 1. The molecule has 51 valence electrons. The van der Waals surface area contributed by atoms with Crippen molar-refractivity contribution in [3.05, 3.63) is 41.8 Å². The van der Waals surface area contributed by atoms with Crippen molar-refractivity contribution in [3.63, 3.8) is 0 Å². The predicted octanol–water partition coefficient (Wildman–Crippen LogP) is 1.16. The Morgan fingerprint density at radius 3 is 2.90 bits per heavy atom. The van der Waals surface area contributed by atoms with Crippen LogP contribution in [0.25, 0.3) is 0 Å². The van der Waals surface area contributed by atoms with Gasteiger partial charge in [0, 0.05) is 6.42 Å². The van der Waals surface area contributed by atoms with Crippen LogP contribution in [0.4, 0.5) is 0 Å². The second-order valence-corrected chi connectivity index (χ2v) is 2.64. The summed E-state index contributed by atoms with van der Waals surface area (Å²) in [6, 6.07) is 8.09. The Balaban J connectivity index is 2.42. The van der Waals surface area contributed by atoms with Crippen LogP contribution in [0.15, 0.2) is 24.3 Å². The zero-order chi connectivity index (χ0) is 6.97. The summed E-state index contributed by atoms with van der Waals surface area (Å²) in [5.74, 6) is 0. The van der Waals surface area contributed by atoms with Crippen LogP contribution in [0.2, 0.25) is 0 Å². The monoisotopic (exact) mass is 133 g/mol. The van der Waals surface area contributed by atoms with E-state index in [-0.39, 0.29) is 6.10 Å². The van der Waals surface area contributed by atoms with Crippen molar-refractivity contribution in [2.24, 2.45) is 0 Å². The second-order valence-electron chi connectivity index (χ2n) is 2.64. The molecule has 1 aliphatic rings. The molecular formula is C9H9O. The van der Waals surface area contributed by atoms with Gasteiger partial charge in [-0.25, -0.2) is 0 Å². The number of rotatable bonds is 0. The lowest BCUT2D eigenvalue weighted by Gasteiger charge is -1.92. The zero-order valence-corrected chi connectivity index (χ0v) is 5.62. The van der Waals surface area contributed by atoms with Crippen LogP contribution in [-0.4, -0.2) is 11.2 Å². The minimum absolute atomic E-state index is 0.252. The molecule has 0 unspecified atom stereocenters. The van der Waals surface area contributed by atoms with E-state index in [4.69, 9.17) is 0 Å². The molecule has 1 aromatic carbocycles. The van der Waals surface area contributed by atoms with Gasteiger partial charge in [-0.1, -0.05) is 24.3 Å². The number of aliphatic hydroxyl groups excluding tert-OH is 1. The van der Waals surface area contributed by atoms with E-state index in [9.17, 15) is 5.11 Å². The Kier molecular flexibility index (Phi) is 1.24. The van der Waals surface area contributed by atoms with Gasteiger partial charge in [0.15, 0.2) is 0 Å². The zero-order valence-electron chi connectivity index (χ0n) is 5.62. The molecule has 0 aromatic heterocycles. The quantitative estimate of drug-likeness (QED) is 0.563. The first-order chi connectivity index (χ1) is 4.86. The molecule has 0 heterocycles. The third-order valence-electron chi connectivity index (χ3n) is 1.86. The van der Waals surface area contributed by atoms with Gasteiger partial charge >= 0.3 is 0 Å². The molecule has 1 heteroatoms. The fraction of sp³-hybridized carbons (Fsp3) is 0.222. The summed E-state index contributed by atoms with van der Waals surface area (Å²) in [4.78, 5) is 0. The van der Waals surface area contributed by atoms with E-state index < -0.39 is 0 Å². The first kappa shape index (κ1) is 5.93. The third-order valence-corrected chi connectivity index (χ3v) is 1.86. The highest BCUT2D eigenvalue weighted by molar-refractivity contribution is 5.39. The Hall–Kier alpha value is -0.820. The molecule has 1 N–H and O–H groups in total. The van der Waals surface area contributed by atoms with Crippen LogP contribution in [0.5, 0.6) is 0 Å². The summed E-state index contributed by atoms with van der Waals surface area (Å²) < 4.78 is 0. The fourth-order valence-electron chi connectivity index (χ4n) is 1.37. The van der Waals surface area contributed by atoms with Gasteiger partial charge in [0.25, 0.3) is 0 Å². The summed E-state index contributed by atoms with van der Waals surface area (Å²) in [7, 11) is 0. The molecule has 0 amide bonds. The van der Waals surface area contributed by atoms with Gasteiger partial charge < -0.3 is 5.11 Å². The fourth-order valence-corrected chi connectivity index (χ4v) is 1.37. The molecule has 1 nitrogen and oxygen atoms in total. The average Bonchev–Trinajstić information content (AvgIpc) is 2.27. The Labute approximate surface area is 60.3 Å². The summed E-state index contributed by atoms with van der Waals surface area (Å²) in [6.45, 7) is 0. The molecule has 0 aliphatic heterocycles. The smallest absolute Gasteiger partial charge is 0.0656 e. The van der Waals surface area contributed by atoms with Crippen molar-refractivity contribution in [1.29, 1.82) is 0 Å². The largest absolute Gasteiger partial charge is 0.392 e. The summed E-state index contributed by atoms with van der Waals surface area (Å²) >= 11 is 0. The highest BCUT2D eigenvalue weighted by Gasteiger charge is 2.17. The van der Waals surface area contributed by atoms with Crippen molar-refractivity contribution >= 4 is 0 Å². The molecule has 1 aromatic rings. The molecule has 1 radical (unpaired) electrons. The van der Waals surface area contributed by atoms with Crippen LogP contribution in [0, 0.1) is 6.42 Å². The van der Waals surface area contributed by atoms with Gasteiger partial charge in [-0.3, -0.25) is 0 Å². The predicted molar refractivity (Wildman–Crippen MR) is 39.6 cm³/mol. The summed E-state index contributed by atoms with van der Waals surface area (Å²) in [5.41, 5.74) is 2.45. The normalized spacial score (nSPS) is 17.3. The maximum absolute atomic E-state index is 9.20. The van der Waals surface area contributed by atoms with Crippen LogP contribution in [0.1, 0.15) is 11.1 Å². The Morgan fingerprint density at radius 1 is 1.30 bits per heavy atom. The van der Waals surface area contributed by atoms with E-state index in [0.29, 0.717) is 0 Å². The molecule has 0 spiro atoms. The van der Waals surface area contributed by atoms with Crippen molar-refractivity contribution < 1.29 is 5.11 Å². The SMILES string of the molecule is O[C@@H]1[CH]c2ccccc2C1. The lowest BCUT2D eigenvalue weighted by molar-refractivity contribution is 0.219. The first-order valence-corrected chi connectivity index (χ1v) is 3.47. The van der Waals surface area contributed by atoms with Gasteiger partial charge in [-0.15, -0.1) is 0 Å². The van der Waals surface area contributed by atoms with Gasteiger partial charge in [-0.2, -0.15) is 0 Å². The minimum Gasteiger partial charge on any atom is -0.392 e. The molecular weight excluding hydrogens is 124 g/mol. The second kappa shape index (κ2) is 2.10. The highest BCUT2D eigenvalue weighted by Crippen LogP contribution is 2.22. The summed E-state index contributed by atoms with van der Waals surface area (Å²) in [5, 5.41) is 9.20. The van der Waals surface area contributed by atoms with Crippen molar-refractivity contribution in [3.8, 4) is 0 Å². The van der Waals surface area contributed by atoms with Gasteiger partial charge in [0.1, 0.15) is 0 Å². The Bertz CT molecular complexity index is 217. The summed E-state index contributed by atoms with van der Waals surface area (Å²) in [6.07, 6.45) is 2.43. The number of benzene rings is 1. The van der Waals surface area contributed by atoms with Crippen molar-refractivity contribution in [1.82, 2.24) is 0 Å². The molecule has 0 bridgehead atoms. The van der Waals surface area contributed by atoms with E-state index in [2.05, 4.69) is 6.07 Å². The van der Waals surface area contributed by atoms with Gasteiger partial charge in [0.2, 0.25) is 0 Å². The Morgan fingerprint density at radius 2 is 2.10 bits per heavy atom. The van der Waals surface area contributed by atoms with Crippen LogP contribution in [-0.2, 0) is 6.42 Å². The molecule has 0 saturated heterocycles. The average molecular weight is 133 g/mol. The van der Waals surface area contributed by atoms with Gasteiger partial charge in [-0.05, 0) is 17.5 Å². The molecule has 0 fully saturated rings. The maximum Gasteiger partial charge on any atom is 0.0656 e. The lowest BCUT2D eigenvalue weighted by Crippen LogP contribution is -2.01. The molecule has 10 heavy (non-hydrogen) atoms. The maximum atomic E-state index is 9.20. The van der Waals surface area contributed by atoms with E-state index in [1.807, 2.05) is 24.6 Å². The lowest BCUT2D eigenvalue weighted by atomic mass is 10.1.